The maximum Gasteiger partial charge on any atom is 0.251 e. The van der Waals surface area contributed by atoms with Gasteiger partial charge in [-0.2, -0.15) is 0 Å². The van der Waals surface area contributed by atoms with E-state index in [9.17, 15) is 4.79 Å². The van der Waals surface area contributed by atoms with Gasteiger partial charge in [-0.15, -0.1) is 11.8 Å². The van der Waals surface area contributed by atoms with Gasteiger partial charge in [-0.05, 0) is 43.2 Å². The summed E-state index contributed by atoms with van der Waals surface area (Å²) in [5.41, 5.74) is 1.78. The van der Waals surface area contributed by atoms with Gasteiger partial charge >= 0.3 is 0 Å². The molecule has 0 heterocycles. The second-order valence-electron chi connectivity index (χ2n) is 7.14. The van der Waals surface area contributed by atoms with Crippen molar-refractivity contribution in [3.63, 3.8) is 0 Å². The molecule has 1 amide bonds. The number of benzene rings is 2. The van der Waals surface area contributed by atoms with Gasteiger partial charge in [0.2, 0.25) is 0 Å². The molecule has 0 unspecified atom stereocenters. The van der Waals surface area contributed by atoms with E-state index in [0.717, 1.165) is 35.5 Å². The molecule has 0 radical (unpaired) electrons. The molecular formula is C23H29NO2S. The Morgan fingerprint density at radius 2 is 1.74 bits per heavy atom. The first-order chi connectivity index (χ1) is 13.3. The minimum atomic E-state index is 0.0363. The van der Waals surface area contributed by atoms with Crippen molar-refractivity contribution in [3.05, 3.63) is 59.7 Å². The van der Waals surface area contributed by atoms with Crippen molar-refractivity contribution in [2.45, 2.75) is 61.6 Å². The molecule has 0 saturated heterocycles. The van der Waals surface area contributed by atoms with Crippen LogP contribution < -0.4 is 10.1 Å². The molecule has 0 aromatic heterocycles. The Kier molecular flexibility index (Phi) is 7.64. The summed E-state index contributed by atoms with van der Waals surface area (Å²) < 4.78 is 5.50. The van der Waals surface area contributed by atoms with E-state index in [-0.39, 0.29) is 5.91 Å². The van der Waals surface area contributed by atoms with Crippen molar-refractivity contribution in [1.29, 1.82) is 0 Å². The second-order valence-corrected chi connectivity index (χ2v) is 8.19. The highest BCUT2D eigenvalue weighted by Gasteiger charge is 2.16. The Morgan fingerprint density at radius 3 is 2.44 bits per heavy atom. The predicted molar refractivity (Wildman–Crippen MR) is 113 cm³/mol. The Balaban J connectivity index is 1.66. The Labute approximate surface area is 166 Å². The molecule has 0 atom stereocenters. The van der Waals surface area contributed by atoms with Gasteiger partial charge in [0.1, 0.15) is 5.75 Å². The molecule has 4 heteroatoms. The molecule has 144 valence electrons. The van der Waals surface area contributed by atoms with Crippen LogP contribution in [0.25, 0.3) is 0 Å². The smallest absolute Gasteiger partial charge is 0.251 e. The highest BCUT2D eigenvalue weighted by molar-refractivity contribution is 7.98. The number of ether oxygens (including phenoxy) is 1. The van der Waals surface area contributed by atoms with E-state index in [2.05, 4.69) is 17.4 Å². The first-order valence-corrected chi connectivity index (χ1v) is 10.9. The highest BCUT2D eigenvalue weighted by Crippen LogP contribution is 2.29. The molecule has 1 aliphatic rings. The number of amides is 1. The van der Waals surface area contributed by atoms with Gasteiger partial charge in [-0.3, -0.25) is 4.79 Å². The monoisotopic (exact) mass is 383 g/mol. The first kappa shape index (κ1) is 19.8. The van der Waals surface area contributed by atoms with Crippen LogP contribution in [0.2, 0.25) is 0 Å². The van der Waals surface area contributed by atoms with Crippen molar-refractivity contribution < 1.29 is 9.53 Å². The van der Waals surface area contributed by atoms with Gasteiger partial charge in [-0.1, -0.05) is 50.3 Å². The predicted octanol–water partition coefficient (Wildman–Crippen LogP) is 5.83. The van der Waals surface area contributed by atoms with E-state index in [1.54, 1.807) is 18.9 Å². The lowest BCUT2D eigenvalue weighted by atomic mass is 9.96. The number of hydrogen-bond donors (Lipinski definition) is 1. The average molecular weight is 384 g/mol. The number of nitrogens with one attached hydrogen (secondary N) is 1. The van der Waals surface area contributed by atoms with E-state index < -0.39 is 0 Å². The van der Waals surface area contributed by atoms with Crippen LogP contribution in [0.3, 0.4) is 0 Å². The van der Waals surface area contributed by atoms with E-state index in [1.807, 2.05) is 36.4 Å². The molecule has 0 bridgehead atoms. The molecule has 2 aromatic carbocycles. The Hall–Kier alpha value is -1.94. The number of carbonyl (C=O) groups excluding carboxylic acids is 1. The minimum absolute atomic E-state index is 0.0363. The quantitative estimate of drug-likeness (QED) is 0.638. The van der Waals surface area contributed by atoms with Gasteiger partial charge in [0.25, 0.3) is 5.91 Å². The standard InChI is InChI=1S/C23H29NO2S/c1-26-22-15-14-18(16-19(22)17-27-21-12-8-5-9-13-21)23(25)24-20-10-6-3-2-4-7-11-20/h5,8-9,12-16,20H,2-4,6-7,10-11,17H2,1H3,(H,24,25). The highest BCUT2D eigenvalue weighted by atomic mass is 32.2. The molecule has 1 saturated carbocycles. The van der Waals surface area contributed by atoms with Crippen molar-refractivity contribution in [3.8, 4) is 5.75 Å². The average Bonchev–Trinajstić information content (AvgIpc) is 2.68. The largest absolute Gasteiger partial charge is 0.496 e. The maximum atomic E-state index is 12.8. The normalized spacial score (nSPS) is 15.6. The molecule has 1 aliphatic carbocycles. The maximum absolute atomic E-state index is 12.8. The molecule has 27 heavy (non-hydrogen) atoms. The zero-order valence-corrected chi connectivity index (χ0v) is 16.9. The summed E-state index contributed by atoms with van der Waals surface area (Å²) in [4.78, 5) is 14.0. The number of thioether (sulfide) groups is 1. The van der Waals surface area contributed by atoms with Crippen molar-refractivity contribution >= 4 is 17.7 Å². The van der Waals surface area contributed by atoms with Crippen LogP contribution in [0.5, 0.6) is 5.75 Å². The molecule has 1 N–H and O–H groups in total. The Bertz CT molecular complexity index is 724. The fourth-order valence-corrected chi connectivity index (χ4v) is 4.48. The third-order valence-corrected chi connectivity index (χ3v) is 6.18. The lowest BCUT2D eigenvalue weighted by molar-refractivity contribution is 0.0930. The van der Waals surface area contributed by atoms with Gasteiger partial charge in [0.05, 0.1) is 7.11 Å². The lowest BCUT2D eigenvalue weighted by Crippen LogP contribution is -2.35. The van der Waals surface area contributed by atoms with Crippen molar-refractivity contribution in [2.24, 2.45) is 0 Å². The third kappa shape index (κ3) is 6.03. The van der Waals surface area contributed by atoms with Gasteiger partial charge in [-0.25, -0.2) is 0 Å². The molecule has 1 fully saturated rings. The van der Waals surface area contributed by atoms with Crippen molar-refractivity contribution in [1.82, 2.24) is 5.32 Å². The SMILES string of the molecule is COc1ccc(C(=O)NC2CCCCCCC2)cc1CSc1ccccc1. The molecule has 0 spiro atoms. The zero-order valence-electron chi connectivity index (χ0n) is 16.1. The summed E-state index contributed by atoms with van der Waals surface area (Å²) >= 11 is 1.75. The minimum Gasteiger partial charge on any atom is -0.496 e. The number of hydrogen-bond acceptors (Lipinski definition) is 3. The van der Waals surface area contributed by atoms with Gasteiger partial charge in [0, 0.05) is 27.8 Å². The van der Waals surface area contributed by atoms with Crippen molar-refractivity contribution in [2.75, 3.05) is 7.11 Å². The summed E-state index contributed by atoms with van der Waals surface area (Å²) in [6.07, 6.45) is 8.53. The number of carbonyl (C=O) groups is 1. The van der Waals surface area contributed by atoms with Gasteiger partial charge < -0.3 is 10.1 Å². The number of rotatable bonds is 6. The fourth-order valence-electron chi connectivity index (χ4n) is 3.58. The van der Waals surface area contributed by atoms with Crippen LogP contribution in [0.1, 0.15) is 60.9 Å². The van der Waals surface area contributed by atoms with Crippen LogP contribution >= 0.6 is 11.8 Å². The topological polar surface area (TPSA) is 38.3 Å². The van der Waals surface area contributed by atoms with Crippen LogP contribution in [-0.2, 0) is 5.75 Å². The third-order valence-electron chi connectivity index (χ3n) is 5.12. The second kappa shape index (κ2) is 10.4. The lowest BCUT2D eigenvalue weighted by Gasteiger charge is -2.21. The summed E-state index contributed by atoms with van der Waals surface area (Å²) in [5, 5.41) is 3.25. The molecular weight excluding hydrogens is 354 g/mol. The molecule has 0 aliphatic heterocycles. The molecule has 3 nitrogen and oxygen atoms in total. The Morgan fingerprint density at radius 1 is 1.04 bits per heavy atom. The van der Waals surface area contributed by atoms with Crippen LogP contribution in [0, 0.1) is 0 Å². The summed E-state index contributed by atoms with van der Waals surface area (Å²) in [5.74, 6) is 1.65. The van der Waals surface area contributed by atoms with E-state index in [1.165, 1.54) is 37.0 Å². The van der Waals surface area contributed by atoms with E-state index in [0.29, 0.717) is 6.04 Å². The van der Waals surface area contributed by atoms with E-state index in [4.69, 9.17) is 4.74 Å². The molecule has 3 rings (SSSR count). The summed E-state index contributed by atoms with van der Waals surface area (Å²) in [6.45, 7) is 0. The number of methoxy groups -OCH3 is 1. The summed E-state index contributed by atoms with van der Waals surface area (Å²) in [6, 6.07) is 16.4. The van der Waals surface area contributed by atoms with E-state index >= 15 is 0 Å². The van der Waals surface area contributed by atoms with Crippen LogP contribution in [0.15, 0.2) is 53.4 Å². The van der Waals surface area contributed by atoms with Crippen LogP contribution in [0.4, 0.5) is 0 Å². The fraction of sp³-hybridized carbons (Fsp3) is 0.435. The molecule has 2 aromatic rings. The van der Waals surface area contributed by atoms with Gasteiger partial charge in [0.15, 0.2) is 0 Å². The van der Waals surface area contributed by atoms with Crippen LogP contribution in [-0.4, -0.2) is 19.1 Å². The summed E-state index contributed by atoms with van der Waals surface area (Å²) in [7, 11) is 1.68. The first-order valence-electron chi connectivity index (χ1n) is 9.92. The zero-order chi connectivity index (χ0) is 18.9.